The zero-order chi connectivity index (χ0) is 37.5. The summed E-state index contributed by atoms with van der Waals surface area (Å²) in [6.07, 6.45) is 19.8. The fourth-order valence-electron chi connectivity index (χ4n) is 6.50. The molecule has 0 radical (unpaired) electrons. The van der Waals surface area contributed by atoms with Gasteiger partial charge in [-0.3, -0.25) is 0 Å². The molecule has 9 nitrogen and oxygen atoms in total. The summed E-state index contributed by atoms with van der Waals surface area (Å²) in [5.41, 5.74) is 0. The lowest BCUT2D eigenvalue weighted by molar-refractivity contribution is -0.126. The molecule has 0 spiro atoms. The van der Waals surface area contributed by atoms with Gasteiger partial charge in [0.25, 0.3) is 0 Å². The lowest BCUT2D eigenvalue weighted by Crippen LogP contribution is -2.48. The zero-order valence-corrected chi connectivity index (χ0v) is 33.7. The predicted octanol–water partition coefficient (Wildman–Crippen LogP) is 12.9. The third-order valence-electron chi connectivity index (χ3n) is 9.62. The molecule has 1 rings (SSSR count). The van der Waals surface area contributed by atoms with Crippen LogP contribution in [0.5, 0.6) is 0 Å². The molecule has 0 aromatic heterocycles. The van der Waals surface area contributed by atoms with E-state index in [1.54, 1.807) is 0 Å². The molecule has 2 atom stereocenters. The van der Waals surface area contributed by atoms with Crippen molar-refractivity contribution in [3.63, 3.8) is 0 Å². The van der Waals surface area contributed by atoms with Crippen LogP contribution in [0.3, 0.4) is 0 Å². The summed E-state index contributed by atoms with van der Waals surface area (Å²) in [5.74, 6) is 2.24. The first-order valence-electron chi connectivity index (χ1n) is 21.1. The number of carbonyl (C=O) groups excluding carboxylic acids is 3. The van der Waals surface area contributed by atoms with Gasteiger partial charge in [0, 0.05) is 0 Å². The maximum atomic E-state index is 12.8. The number of unbranched alkanes of at least 4 members (excludes halogenated alkanes) is 15. The van der Waals surface area contributed by atoms with E-state index < -0.39 is 36.8 Å². The summed E-state index contributed by atoms with van der Waals surface area (Å²) in [5, 5.41) is 0. The zero-order valence-electron chi connectivity index (χ0n) is 33.7. The van der Waals surface area contributed by atoms with Crippen LogP contribution < -0.4 is 0 Å². The minimum Gasteiger partial charge on any atom is -0.434 e. The second-order valence-electron chi connectivity index (χ2n) is 16.0. The van der Waals surface area contributed by atoms with E-state index in [0.29, 0.717) is 19.3 Å². The van der Waals surface area contributed by atoms with E-state index in [1.807, 2.05) is 0 Å². The monoisotopic (exact) mass is 727 g/mol. The molecule has 1 fully saturated rings. The third kappa shape index (κ3) is 28.0. The molecule has 0 aromatic carbocycles. The molecule has 1 aliphatic rings. The number of rotatable bonds is 30. The molecule has 0 aromatic rings. The second-order valence-corrected chi connectivity index (χ2v) is 16.0. The van der Waals surface area contributed by atoms with Crippen molar-refractivity contribution in [2.45, 2.75) is 214 Å². The Morgan fingerprint density at radius 1 is 0.412 bits per heavy atom. The molecule has 0 amide bonds. The van der Waals surface area contributed by atoms with Crippen LogP contribution >= 0.6 is 0 Å². The highest BCUT2D eigenvalue weighted by Gasteiger charge is 2.42. The van der Waals surface area contributed by atoms with Crippen molar-refractivity contribution in [1.82, 2.24) is 0 Å². The Morgan fingerprint density at radius 2 is 0.686 bits per heavy atom. The van der Waals surface area contributed by atoms with Gasteiger partial charge in [-0.05, 0) is 56.3 Å². The minimum atomic E-state index is -1.01. The molecule has 0 aliphatic heterocycles. The lowest BCUT2D eigenvalue weighted by Gasteiger charge is -2.35. The van der Waals surface area contributed by atoms with E-state index in [0.717, 1.165) is 75.5 Å². The van der Waals surface area contributed by atoms with Gasteiger partial charge >= 0.3 is 18.5 Å². The number of hydrogen-bond acceptors (Lipinski definition) is 9. The van der Waals surface area contributed by atoms with Crippen LogP contribution in [-0.4, -0.2) is 56.6 Å². The standard InChI is InChI=1S/C42H78O9/c1-34(2)26-19-13-7-10-16-22-31-46-40(43)49-37-29-25-30-38(50-41(44)47-32-23-17-11-8-14-20-27-35(3)4)39(37)51-42(45)48-33-24-18-12-9-15-21-28-36(5)6/h34-39H,7-33H2,1-6H3. The highest BCUT2D eigenvalue weighted by Crippen LogP contribution is 2.28. The highest BCUT2D eigenvalue weighted by atomic mass is 16.8. The van der Waals surface area contributed by atoms with Crippen molar-refractivity contribution in [3.05, 3.63) is 0 Å². The van der Waals surface area contributed by atoms with Crippen molar-refractivity contribution in [2.75, 3.05) is 19.8 Å². The largest absolute Gasteiger partial charge is 0.508 e. The summed E-state index contributed by atoms with van der Waals surface area (Å²) < 4.78 is 33.1. The van der Waals surface area contributed by atoms with Gasteiger partial charge in [0.2, 0.25) is 0 Å². The molecule has 51 heavy (non-hydrogen) atoms. The van der Waals surface area contributed by atoms with Gasteiger partial charge in [0.1, 0.15) is 12.2 Å². The van der Waals surface area contributed by atoms with Crippen LogP contribution in [0.4, 0.5) is 14.4 Å². The number of ether oxygens (including phenoxy) is 6. The first-order chi connectivity index (χ1) is 24.6. The van der Waals surface area contributed by atoms with Crippen molar-refractivity contribution in [2.24, 2.45) is 17.8 Å². The van der Waals surface area contributed by atoms with Crippen molar-refractivity contribution in [1.29, 1.82) is 0 Å². The Morgan fingerprint density at radius 3 is 1.00 bits per heavy atom. The molecule has 0 saturated heterocycles. The maximum Gasteiger partial charge on any atom is 0.508 e. The van der Waals surface area contributed by atoms with E-state index in [1.165, 1.54) is 77.0 Å². The van der Waals surface area contributed by atoms with Gasteiger partial charge in [-0.1, -0.05) is 157 Å². The molecular weight excluding hydrogens is 648 g/mol. The second kappa shape index (κ2) is 31.3. The summed E-state index contributed by atoms with van der Waals surface area (Å²) >= 11 is 0. The SMILES string of the molecule is CC(C)CCCCCCCCOC(=O)OC1CCCC(OC(=O)OCCCCCCCCC(C)C)C1OC(=O)OCCCCCCCCC(C)C. The summed E-state index contributed by atoms with van der Waals surface area (Å²) in [6.45, 7) is 14.3. The first kappa shape index (κ1) is 46.8. The smallest absolute Gasteiger partial charge is 0.434 e. The molecular formula is C42H78O9. The Bertz CT molecular complexity index is 811. The van der Waals surface area contributed by atoms with Crippen LogP contribution in [0.15, 0.2) is 0 Å². The average Bonchev–Trinajstić information content (AvgIpc) is 3.07. The molecule has 300 valence electrons. The lowest BCUT2D eigenvalue weighted by atomic mass is 9.91. The molecule has 0 bridgehead atoms. The highest BCUT2D eigenvalue weighted by molar-refractivity contribution is 5.62. The summed E-state index contributed by atoms with van der Waals surface area (Å²) in [6, 6.07) is 0. The van der Waals surface area contributed by atoms with Crippen molar-refractivity contribution >= 4 is 18.5 Å². The molecule has 0 heterocycles. The third-order valence-corrected chi connectivity index (χ3v) is 9.62. The fraction of sp³-hybridized carbons (Fsp3) is 0.929. The van der Waals surface area contributed by atoms with Crippen LogP contribution in [-0.2, 0) is 28.4 Å². The Labute approximate surface area is 312 Å². The normalized spacial score (nSPS) is 17.5. The summed E-state index contributed by atoms with van der Waals surface area (Å²) in [4.78, 5) is 38.1. The Balaban J connectivity index is 2.53. The van der Waals surface area contributed by atoms with Crippen molar-refractivity contribution < 1.29 is 42.8 Å². The predicted molar refractivity (Wildman–Crippen MR) is 204 cm³/mol. The Kier molecular flexibility index (Phi) is 28.8. The van der Waals surface area contributed by atoms with E-state index in [9.17, 15) is 14.4 Å². The molecule has 2 unspecified atom stereocenters. The van der Waals surface area contributed by atoms with E-state index >= 15 is 0 Å². The summed E-state index contributed by atoms with van der Waals surface area (Å²) in [7, 11) is 0. The van der Waals surface area contributed by atoms with Crippen LogP contribution in [0.2, 0.25) is 0 Å². The molecule has 1 aliphatic carbocycles. The maximum absolute atomic E-state index is 12.8. The van der Waals surface area contributed by atoms with Crippen molar-refractivity contribution in [3.8, 4) is 0 Å². The van der Waals surface area contributed by atoms with E-state index in [4.69, 9.17) is 28.4 Å². The van der Waals surface area contributed by atoms with Gasteiger partial charge in [-0.15, -0.1) is 0 Å². The topological polar surface area (TPSA) is 107 Å². The van der Waals surface area contributed by atoms with Gasteiger partial charge < -0.3 is 28.4 Å². The number of carbonyl (C=O) groups is 3. The first-order valence-corrected chi connectivity index (χ1v) is 21.1. The van der Waals surface area contributed by atoms with Gasteiger partial charge in [-0.2, -0.15) is 0 Å². The molecule has 0 N–H and O–H groups in total. The molecule has 1 saturated carbocycles. The quantitative estimate of drug-likeness (QED) is 0.0406. The molecule has 9 heteroatoms. The minimum absolute atomic E-state index is 0.244. The van der Waals surface area contributed by atoms with E-state index in [-0.39, 0.29) is 19.8 Å². The Hall–Kier alpha value is -2.19. The van der Waals surface area contributed by atoms with E-state index in [2.05, 4.69) is 41.5 Å². The fourth-order valence-corrected chi connectivity index (χ4v) is 6.50. The van der Waals surface area contributed by atoms with Gasteiger partial charge in [0.15, 0.2) is 6.10 Å². The average molecular weight is 727 g/mol. The van der Waals surface area contributed by atoms with Crippen LogP contribution in [0.1, 0.15) is 196 Å². The van der Waals surface area contributed by atoms with Gasteiger partial charge in [-0.25, -0.2) is 14.4 Å². The van der Waals surface area contributed by atoms with Gasteiger partial charge in [0.05, 0.1) is 19.8 Å². The van der Waals surface area contributed by atoms with Crippen LogP contribution in [0, 0.1) is 17.8 Å². The number of hydrogen-bond donors (Lipinski definition) is 0. The van der Waals surface area contributed by atoms with Crippen LogP contribution in [0.25, 0.3) is 0 Å².